The number of carbonyl (C=O) groups is 2. The summed E-state index contributed by atoms with van der Waals surface area (Å²) in [4.78, 5) is 24.5. The first-order valence-corrected chi connectivity index (χ1v) is 8.87. The zero-order valence-corrected chi connectivity index (χ0v) is 15.5. The van der Waals surface area contributed by atoms with Crippen molar-refractivity contribution in [3.63, 3.8) is 0 Å². The van der Waals surface area contributed by atoms with Gasteiger partial charge in [0.25, 0.3) is 5.91 Å². The highest BCUT2D eigenvalue weighted by molar-refractivity contribution is 5.96. The van der Waals surface area contributed by atoms with Gasteiger partial charge in [-0.3, -0.25) is 4.79 Å². The van der Waals surface area contributed by atoms with E-state index in [4.69, 9.17) is 18.6 Å². The fraction of sp³-hybridized carbons (Fsp3) is 0.238. The highest BCUT2D eigenvalue weighted by Crippen LogP contribution is 2.34. The molecule has 28 heavy (non-hydrogen) atoms. The molecule has 1 amide bonds. The molecule has 0 unspecified atom stereocenters. The quantitative estimate of drug-likeness (QED) is 0.681. The smallest absolute Gasteiger partial charge is 0.375 e. The maximum atomic E-state index is 12.3. The summed E-state index contributed by atoms with van der Waals surface area (Å²) >= 11 is 0. The highest BCUT2D eigenvalue weighted by Gasteiger charge is 2.21. The second-order valence-electron chi connectivity index (χ2n) is 6.53. The molecule has 0 fully saturated rings. The Morgan fingerprint density at radius 3 is 2.75 bits per heavy atom. The molecule has 0 bridgehead atoms. The molecule has 144 valence electrons. The van der Waals surface area contributed by atoms with Crippen LogP contribution in [0.5, 0.6) is 11.5 Å². The van der Waals surface area contributed by atoms with Crippen molar-refractivity contribution in [1.82, 2.24) is 5.32 Å². The number of ether oxygens (including phenoxy) is 3. The molecule has 4 rings (SSSR count). The Bertz CT molecular complexity index is 1050. The van der Waals surface area contributed by atoms with E-state index in [0.29, 0.717) is 22.6 Å². The van der Waals surface area contributed by atoms with Crippen molar-refractivity contribution in [2.75, 3.05) is 13.4 Å². The number of rotatable bonds is 5. The summed E-state index contributed by atoms with van der Waals surface area (Å²) < 4.78 is 21.3. The van der Waals surface area contributed by atoms with E-state index in [1.165, 1.54) is 0 Å². The topological polar surface area (TPSA) is 87.0 Å². The molecule has 0 saturated carbocycles. The second-order valence-corrected chi connectivity index (χ2v) is 6.53. The lowest BCUT2D eigenvalue weighted by atomic mass is 10.1. The largest absolute Gasteiger partial charge is 0.454 e. The van der Waals surface area contributed by atoms with Crippen LogP contribution in [0.25, 0.3) is 11.0 Å². The Kier molecular flexibility index (Phi) is 4.65. The number of para-hydroxylation sites is 1. The lowest BCUT2D eigenvalue weighted by molar-refractivity contribution is -0.124. The second kappa shape index (κ2) is 7.26. The van der Waals surface area contributed by atoms with Gasteiger partial charge in [0, 0.05) is 10.9 Å². The van der Waals surface area contributed by atoms with Gasteiger partial charge in [-0.05, 0) is 37.6 Å². The number of esters is 1. The molecular formula is C21H19NO6. The molecule has 1 aromatic heterocycles. The summed E-state index contributed by atoms with van der Waals surface area (Å²) in [6, 6.07) is 12.5. The third-order valence-electron chi connectivity index (χ3n) is 4.64. The Labute approximate surface area is 161 Å². The number of hydrogen-bond acceptors (Lipinski definition) is 6. The Morgan fingerprint density at radius 1 is 1.14 bits per heavy atom. The molecule has 0 radical (unpaired) electrons. The van der Waals surface area contributed by atoms with Crippen molar-refractivity contribution >= 4 is 22.8 Å². The molecule has 3 aromatic rings. The third kappa shape index (κ3) is 3.38. The van der Waals surface area contributed by atoms with Crippen LogP contribution >= 0.6 is 0 Å². The fourth-order valence-corrected chi connectivity index (χ4v) is 3.11. The number of nitrogens with one attached hydrogen (secondary N) is 1. The van der Waals surface area contributed by atoms with Crippen LogP contribution in [0.15, 0.2) is 46.9 Å². The average molecular weight is 381 g/mol. The van der Waals surface area contributed by atoms with Crippen molar-refractivity contribution in [3.05, 3.63) is 59.4 Å². The molecule has 0 spiro atoms. The van der Waals surface area contributed by atoms with Crippen LogP contribution in [-0.4, -0.2) is 25.3 Å². The minimum absolute atomic E-state index is 0.109. The molecule has 2 heterocycles. The van der Waals surface area contributed by atoms with Crippen molar-refractivity contribution in [2.45, 2.75) is 19.9 Å². The van der Waals surface area contributed by atoms with Crippen LogP contribution in [0.2, 0.25) is 0 Å². The van der Waals surface area contributed by atoms with Crippen LogP contribution in [0, 0.1) is 6.92 Å². The predicted octanol–water partition coefficient (Wildman–Crippen LogP) is 3.50. The molecule has 7 nitrogen and oxygen atoms in total. The Morgan fingerprint density at radius 2 is 1.93 bits per heavy atom. The molecule has 1 atom stereocenters. The van der Waals surface area contributed by atoms with E-state index in [2.05, 4.69) is 5.32 Å². The van der Waals surface area contributed by atoms with Crippen LogP contribution in [0.3, 0.4) is 0 Å². The summed E-state index contributed by atoms with van der Waals surface area (Å²) in [5, 5.41) is 3.64. The van der Waals surface area contributed by atoms with Gasteiger partial charge in [0.15, 0.2) is 18.1 Å². The standard InChI is InChI=1S/C21H19NO6/c1-12-15-5-3-4-6-16(15)28-20(12)21(24)25-10-19(23)22-13(2)14-7-8-17-18(9-14)27-11-26-17/h3-9,13H,10-11H2,1-2H3,(H,22,23)/t13-/m0/s1. The lowest BCUT2D eigenvalue weighted by Gasteiger charge is -2.14. The zero-order chi connectivity index (χ0) is 19.7. The predicted molar refractivity (Wildman–Crippen MR) is 100 cm³/mol. The van der Waals surface area contributed by atoms with Crippen molar-refractivity contribution in [3.8, 4) is 11.5 Å². The van der Waals surface area contributed by atoms with Gasteiger partial charge in [0.1, 0.15) is 5.58 Å². The fourth-order valence-electron chi connectivity index (χ4n) is 3.11. The lowest BCUT2D eigenvalue weighted by Crippen LogP contribution is -2.31. The first-order valence-electron chi connectivity index (χ1n) is 8.87. The van der Waals surface area contributed by atoms with Crippen LogP contribution in [0.1, 0.15) is 34.6 Å². The van der Waals surface area contributed by atoms with Crippen LogP contribution in [0.4, 0.5) is 0 Å². The summed E-state index contributed by atoms with van der Waals surface area (Å²) in [5.41, 5.74) is 2.15. The van der Waals surface area contributed by atoms with Gasteiger partial charge in [0.2, 0.25) is 12.6 Å². The monoisotopic (exact) mass is 381 g/mol. The van der Waals surface area contributed by atoms with Crippen molar-refractivity contribution in [1.29, 1.82) is 0 Å². The molecule has 7 heteroatoms. The number of hydrogen-bond donors (Lipinski definition) is 1. The summed E-state index contributed by atoms with van der Waals surface area (Å²) in [5.74, 6) is 0.354. The number of benzene rings is 2. The number of aryl methyl sites for hydroxylation is 1. The van der Waals surface area contributed by atoms with Gasteiger partial charge in [-0.25, -0.2) is 4.79 Å². The minimum Gasteiger partial charge on any atom is -0.454 e. The molecule has 2 aromatic carbocycles. The number of fused-ring (bicyclic) bond motifs is 2. The Balaban J connectivity index is 1.36. The van der Waals surface area contributed by atoms with E-state index in [0.717, 1.165) is 10.9 Å². The van der Waals surface area contributed by atoms with E-state index >= 15 is 0 Å². The highest BCUT2D eigenvalue weighted by atomic mass is 16.7. The molecule has 1 aliphatic rings. The maximum absolute atomic E-state index is 12.3. The summed E-state index contributed by atoms with van der Waals surface area (Å²) in [6.45, 7) is 3.41. The van der Waals surface area contributed by atoms with Gasteiger partial charge < -0.3 is 23.9 Å². The van der Waals surface area contributed by atoms with Gasteiger partial charge in [-0.1, -0.05) is 24.3 Å². The normalized spacial score (nSPS) is 13.4. The molecule has 0 saturated heterocycles. The maximum Gasteiger partial charge on any atom is 0.375 e. The van der Waals surface area contributed by atoms with Crippen LogP contribution < -0.4 is 14.8 Å². The van der Waals surface area contributed by atoms with E-state index in [-0.39, 0.29) is 18.6 Å². The average Bonchev–Trinajstić information content (AvgIpc) is 3.30. The molecule has 1 N–H and O–H groups in total. The number of furan rings is 1. The summed E-state index contributed by atoms with van der Waals surface area (Å²) in [7, 11) is 0. The Hall–Kier alpha value is -3.48. The molecular weight excluding hydrogens is 362 g/mol. The number of amides is 1. The van der Waals surface area contributed by atoms with E-state index in [9.17, 15) is 9.59 Å². The van der Waals surface area contributed by atoms with E-state index in [1.807, 2.05) is 37.3 Å². The van der Waals surface area contributed by atoms with Gasteiger partial charge in [-0.2, -0.15) is 0 Å². The zero-order valence-electron chi connectivity index (χ0n) is 15.5. The van der Waals surface area contributed by atoms with Gasteiger partial charge in [-0.15, -0.1) is 0 Å². The van der Waals surface area contributed by atoms with E-state index < -0.39 is 18.5 Å². The molecule has 0 aliphatic carbocycles. The minimum atomic E-state index is -0.667. The first kappa shape index (κ1) is 17.9. The number of carbonyl (C=O) groups excluding carboxylic acids is 2. The summed E-state index contributed by atoms with van der Waals surface area (Å²) in [6.07, 6.45) is 0. The molecule has 1 aliphatic heterocycles. The first-order chi connectivity index (χ1) is 13.5. The SMILES string of the molecule is Cc1c(C(=O)OCC(=O)N[C@@H](C)c2ccc3c(c2)OCO3)oc2ccccc12. The van der Waals surface area contributed by atoms with Gasteiger partial charge >= 0.3 is 5.97 Å². The van der Waals surface area contributed by atoms with Crippen molar-refractivity contribution in [2.24, 2.45) is 0 Å². The van der Waals surface area contributed by atoms with Crippen LogP contribution in [-0.2, 0) is 9.53 Å². The third-order valence-corrected chi connectivity index (χ3v) is 4.64. The van der Waals surface area contributed by atoms with Gasteiger partial charge in [0.05, 0.1) is 6.04 Å². The van der Waals surface area contributed by atoms with Crippen molar-refractivity contribution < 1.29 is 28.2 Å². The van der Waals surface area contributed by atoms with E-state index in [1.54, 1.807) is 19.1 Å².